The zero-order chi connectivity index (χ0) is 9.90. The molecule has 1 atom stereocenters. The molecule has 0 aromatic carbocycles. The lowest BCUT2D eigenvalue weighted by atomic mass is 9.79. The Balaban J connectivity index is 2.52. The SMILES string of the molecule is COC1(C(=O)NC(C)C#N)CCC1. The quantitative estimate of drug-likeness (QED) is 0.694. The van der Waals surface area contributed by atoms with Gasteiger partial charge in [-0.25, -0.2) is 0 Å². The topological polar surface area (TPSA) is 62.1 Å². The van der Waals surface area contributed by atoms with Crippen LogP contribution in [0, 0.1) is 11.3 Å². The summed E-state index contributed by atoms with van der Waals surface area (Å²) >= 11 is 0. The zero-order valence-electron chi connectivity index (χ0n) is 7.96. The van der Waals surface area contributed by atoms with Crippen molar-refractivity contribution in [3.8, 4) is 6.07 Å². The van der Waals surface area contributed by atoms with Crippen LogP contribution in [0.5, 0.6) is 0 Å². The summed E-state index contributed by atoms with van der Waals surface area (Å²) < 4.78 is 5.16. The number of carbonyl (C=O) groups excluding carboxylic acids is 1. The van der Waals surface area contributed by atoms with Gasteiger partial charge in [-0.15, -0.1) is 0 Å². The van der Waals surface area contributed by atoms with Crippen LogP contribution in [-0.4, -0.2) is 24.7 Å². The van der Waals surface area contributed by atoms with Crippen LogP contribution in [-0.2, 0) is 9.53 Å². The number of hydrogen-bond donors (Lipinski definition) is 1. The maximum Gasteiger partial charge on any atom is 0.253 e. The normalized spacial score (nSPS) is 21.0. The summed E-state index contributed by atoms with van der Waals surface area (Å²) in [7, 11) is 1.54. The van der Waals surface area contributed by atoms with Crippen molar-refractivity contribution in [2.45, 2.75) is 37.8 Å². The van der Waals surface area contributed by atoms with E-state index in [1.54, 1.807) is 6.92 Å². The Bertz CT molecular complexity index is 235. The van der Waals surface area contributed by atoms with Crippen LogP contribution in [0.15, 0.2) is 0 Å². The molecule has 1 saturated carbocycles. The number of rotatable bonds is 3. The average molecular weight is 182 g/mol. The van der Waals surface area contributed by atoms with Gasteiger partial charge in [0.05, 0.1) is 6.07 Å². The molecule has 0 aliphatic heterocycles. The first-order chi connectivity index (χ1) is 6.14. The number of methoxy groups -OCH3 is 1. The van der Waals surface area contributed by atoms with Crippen LogP contribution in [0.25, 0.3) is 0 Å². The summed E-state index contributed by atoms with van der Waals surface area (Å²) in [5.74, 6) is -0.157. The van der Waals surface area contributed by atoms with Gasteiger partial charge in [0.1, 0.15) is 11.6 Å². The highest BCUT2D eigenvalue weighted by atomic mass is 16.5. The minimum atomic E-state index is -0.648. The molecule has 0 aromatic heterocycles. The Morgan fingerprint density at radius 3 is 2.62 bits per heavy atom. The van der Waals surface area contributed by atoms with Gasteiger partial charge in [-0.1, -0.05) is 0 Å². The fourth-order valence-electron chi connectivity index (χ4n) is 1.38. The van der Waals surface area contributed by atoms with Crippen molar-refractivity contribution in [3.63, 3.8) is 0 Å². The maximum atomic E-state index is 11.6. The smallest absolute Gasteiger partial charge is 0.253 e. The minimum Gasteiger partial charge on any atom is -0.368 e. The number of nitriles is 1. The number of amides is 1. The Kier molecular flexibility index (Phi) is 2.89. The molecule has 72 valence electrons. The highest BCUT2D eigenvalue weighted by molar-refractivity contribution is 5.86. The summed E-state index contributed by atoms with van der Waals surface area (Å²) in [6.45, 7) is 1.65. The molecule has 1 unspecified atom stereocenters. The molecule has 1 fully saturated rings. The van der Waals surface area contributed by atoms with E-state index >= 15 is 0 Å². The second-order valence-electron chi connectivity index (χ2n) is 3.38. The lowest BCUT2D eigenvalue weighted by Gasteiger charge is -2.38. The van der Waals surface area contributed by atoms with Crippen LogP contribution in [0.3, 0.4) is 0 Å². The average Bonchev–Trinajstić information content (AvgIpc) is 2.03. The molecule has 0 spiro atoms. The Hall–Kier alpha value is -1.08. The van der Waals surface area contributed by atoms with E-state index in [1.807, 2.05) is 6.07 Å². The van der Waals surface area contributed by atoms with E-state index in [0.29, 0.717) is 0 Å². The van der Waals surface area contributed by atoms with E-state index < -0.39 is 11.6 Å². The van der Waals surface area contributed by atoms with E-state index in [-0.39, 0.29) is 5.91 Å². The van der Waals surface area contributed by atoms with Gasteiger partial charge >= 0.3 is 0 Å². The second kappa shape index (κ2) is 3.75. The third-order valence-corrected chi connectivity index (χ3v) is 2.51. The van der Waals surface area contributed by atoms with Crippen LogP contribution >= 0.6 is 0 Å². The molecule has 0 aromatic rings. The summed E-state index contributed by atoms with van der Waals surface area (Å²) in [4.78, 5) is 11.6. The third-order valence-electron chi connectivity index (χ3n) is 2.51. The van der Waals surface area contributed by atoms with Gasteiger partial charge < -0.3 is 10.1 Å². The van der Waals surface area contributed by atoms with Gasteiger partial charge in [-0.2, -0.15) is 5.26 Å². The largest absolute Gasteiger partial charge is 0.368 e. The van der Waals surface area contributed by atoms with Crippen molar-refractivity contribution >= 4 is 5.91 Å². The molecule has 4 nitrogen and oxygen atoms in total. The molecule has 1 N–H and O–H groups in total. The molecule has 1 aliphatic carbocycles. The first-order valence-electron chi connectivity index (χ1n) is 4.40. The van der Waals surface area contributed by atoms with Gasteiger partial charge in [0.25, 0.3) is 5.91 Å². The molecular weight excluding hydrogens is 168 g/mol. The standard InChI is InChI=1S/C9H14N2O2/c1-7(6-10)11-8(12)9(13-2)4-3-5-9/h7H,3-5H2,1-2H3,(H,11,12). The van der Waals surface area contributed by atoms with Crippen molar-refractivity contribution in [2.75, 3.05) is 7.11 Å². The van der Waals surface area contributed by atoms with E-state index in [0.717, 1.165) is 19.3 Å². The van der Waals surface area contributed by atoms with Crippen molar-refractivity contribution in [2.24, 2.45) is 0 Å². The van der Waals surface area contributed by atoms with Crippen molar-refractivity contribution < 1.29 is 9.53 Å². The van der Waals surface area contributed by atoms with Gasteiger partial charge in [0.15, 0.2) is 0 Å². The Labute approximate surface area is 77.9 Å². The molecule has 1 aliphatic rings. The molecule has 0 saturated heterocycles. The molecule has 4 heteroatoms. The number of ether oxygens (including phenoxy) is 1. The van der Waals surface area contributed by atoms with Gasteiger partial charge in [0.2, 0.25) is 0 Å². The summed E-state index contributed by atoms with van der Waals surface area (Å²) in [5.41, 5.74) is -0.648. The number of nitrogens with zero attached hydrogens (tertiary/aromatic N) is 1. The first-order valence-corrected chi connectivity index (χ1v) is 4.40. The molecular formula is C9H14N2O2. The predicted molar refractivity (Wildman–Crippen MR) is 46.8 cm³/mol. The van der Waals surface area contributed by atoms with Gasteiger partial charge in [-0.3, -0.25) is 4.79 Å². The van der Waals surface area contributed by atoms with Crippen molar-refractivity contribution in [3.05, 3.63) is 0 Å². The number of nitrogens with one attached hydrogen (secondary N) is 1. The molecule has 0 radical (unpaired) electrons. The first kappa shape index (κ1) is 10.0. The summed E-state index contributed by atoms with van der Waals surface area (Å²) in [6.07, 6.45) is 2.53. The number of hydrogen-bond acceptors (Lipinski definition) is 3. The Morgan fingerprint density at radius 2 is 2.31 bits per heavy atom. The van der Waals surface area contributed by atoms with Crippen molar-refractivity contribution in [1.82, 2.24) is 5.32 Å². The van der Waals surface area contributed by atoms with Crippen LogP contribution in [0.4, 0.5) is 0 Å². The summed E-state index contributed by atoms with van der Waals surface area (Å²) in [5, 5.41) is 11.1. The second-order valence-corrected chi connectivity index (χ2v) is 3.38. The molecule has 13 heavy (non-hydrogen) atoms. The number of carbonyl (C=O) groups is 1. The Morgan fingerprint density at radius 1 is 1.69 bits per heavy atom. The van der Waals surface area contributed by atoms with E-state index in [9.17, 15) is 4.79 Å². The fourth-order valence-corrected chi connectivity index (χ4v) is 1.38. The zero-order valence-corrected chi connectivity index (χ0v) is 7.96. The molecule has 1 amide bonds. The van der Waals surface area contributed by atoms with Gasteiger partial charge in [0, 0.05) is 7.11 Å². The van der Waals surface area contributed by atoms with Crippen LogP contribution < -0.4 is 5.32 Å². The highest BCUT2D eigenvalue weighted by Crippen LogP contribution is 2.35. The lowest BCUT2D eigenvalue weighted by Crippen LogP contribution is -2.54. The highest BCUT2D eigenvalue weighted by Gasteiger charge is 2.44. The van der Waals surface area contributed by atoms with E-state index in [2.05, 4.69) is 5.32 Å². The predicted octanol–water partition coefficient (Wildman–Crippen LogP) is 0.584. The minimum absolute atomic E-state index is 0.157. The molecule has 1 rings (SSSR count). The molecule has 0 bridgehead atoms. The van der Waals surface area contributed by atoms with Crippen molar-refractivity contribution in [1.29, 1.82) is 5.26 Å². The third kappa shape index (κ3) is 1.81. The van der Waals surface area contributed by atoms with E-state index in [4.69, 9.17) is 10.00 Å². The lowest BCUT2D eigenvalue weighted by molar-refractivity contribution is -0.154. The van der Waals surface area contributed by atoms with Crippen LogP contribution in [0.2, 0.25) is 0 Å². The molecule has 0 heterocycles. The van der Waals surface area contributed by atoms with Crippen LogP contribution in [0.1, 0.15) is 26.2 Å². The van der Waals surface area contributed by atoms with Gasteiger partial charge in [-0.05, 0) is 26.2 Å². The monoisotopic (exact) mass is 182 g/mol. The fraction of sp³-hybridized carbons (Fsp3) is 0.778. The summed E-state index contributed by atoms with van der Waals surface area (Å²) in [6, 6.07) is 1.51. The maximum absolute atomic E-state index is 11.6. The van der Waals surface area contributed by atoms with E-state index in [1.165, 1.54) is 7.11 Å².